The lowest BCUT2D eigenvalue weighted by Crippen LogP contribution is -2.39. The summed E-state index contributed by atoms with van der Waals surface area (Å²) in [5, 5.41) is 8.77. The lowest BCUT2D eigenvalue weighted by molar-refractivity contribution is 0.0955. The molecule has 1 saturated carbocycles. The van der Waals surface area contributed by atoms with Crippen LogP contribution >= 0.6 is 0 Å². The van der Waals surface area contributed by atoms with Gasteiger partial charge in [0.1, 0.15) is 0 Å². The first kappa shape index (κ1) is 22.5. The molecule has 0 heterocycles. The minimum absolute atomic E-state index is 0.205. The molecular weight excluding hydrogens is 394 g/mol. The van der Waals surface area contributed by atoms with E-state index in [1.807, 2.05) is 18.2 Å². The van der Waals surface area contributed by atoms with Crippen LogP contribution in [0.3, 0.4) is 0 Å². The molecule has 1 aliphatic carbocycles. The Morgan fingerprint density at radius 3 is 2.45 bits per heavy atom. The molecule has 7 nitrogen and oxygen atoms in total. The third kappa shape index (κ3) is 6.38. The maximum atomic E-state index is 12.7. The van der Waals surface area contributed by atoms with E-state index >= 15 is 0 Å². The number of amides is 3. The van der Waals surface area contributed by atoms with Gasteiger partial charge in [0.25, 0.3) is 5.91 Å². The van der Waals surface area contributed by atoms with Gasteiger partial charge < -0.3 is 25.4 Å². The van der Waals surface area contributed by atoms with Crippen molar-refractivity contribution in [3.05, 3.63) is 53.6 Å². The second-order valence-electron chi connectivity index (χ2n) is 7.67. The van der Waals surface area contributed by atoms with Crippen LogP contribution in [0.2, 0.25) is 0 Å². The van der Waals surface area contributed by atoms with Crippen LogP contribution < -0.4 is 25.4 Å². The van der Waals surface area contributed by atoms with E-state index in [1.165, 1.54) is 6.42 Å². The number of anilines is 1. The highest BCUT2D eigenvalue weighted by Gasteiger charge is 2.17. The van der Waals surface area contributed by atoms with E-state index in [4.69, 9.17) is 9.47 Å². The summed E-state index contributed by atoms with van der Waals surface area (Å²) >= 11 is 0. The molecule has 0 saturated heterocycles. The summed E-state index contributed by atoms with van der Waals surface area (Å²) in [4.78, 5) is 25.1. The van der Waals surface area contributed by atoms with E-state index in [9.17, 15) is 9.59 Å². The quantitative estimate of drug-likeness (QED) is 0.593. The van der Waals surface area contributed by atoms with Crippen molar-refractivity contribution >= 4 is 17.6 Å². The number of hydrogen-bond acceptors (Lipinski definition) is 4. The molecule has 3 N–H and O–H groups in total. The Bertz CT molecular complexity index is 894. The molecule has 0 aliphatic heterocycles. The highest BCUT2D eigenvalue weighted by Crippen LogP contribution is 2.27. The van der Waals surface area contributed by atoms with E-state index in [0.29, 0.717) is 35.7 Å². The van der Waals surface area contributed by atoms with Crippen LogP contribution in [0.5, 0.6) is 11.5 Å². The first-order chi connectivity index (χ1) is 15.1. The molecule has 0 unspecified atom stereocenters. The summed E-state index contributed by atoms with van der Waals surface area (Å²) < 4.78 is 10.6. The SMILES string of the molecule is COc1ccc(CCNC(=O)c2ccccc2NC(=O)NC2CCCCC2)cc1OC. The van der Waals surface area contributed by atoms with Gasteiger partial charge in [0.05, 0.1) is 25.5 Å². The van der Waals surface area contributed by atoms with E-state index in [2.05, 4.69) is 16.0 Å². The molecule has 7 heteroatoms. The summed E-state index contributed by atoms with van der Waals surface area (Å²) in [6.07, 6.45) is 6.17. The van der Waals surface area contributed by atoms with E-state index < -0.39 is 0 Å². The van der Waals surface area contributed by atoms with Gasteiger partial charge in [-0.05, 0) is 49.1 Å². The maximum Gasteiger partial charge on any atom is 0.319 e. The van der Waals surface area contributed by atoms with Crippen LogP contribution in [-0.4, -0.2) is 38.7 Å². The predicted octanol–water partition coefficient (Wildman–Crippen LogP) is 4.13. The Morgan fingerprint density at radius 2 is 1.71 bits per heavy atom. The van der Waals surface area contributed by atoms with Gasteiger partial charge in [-0.2, -0.15) is 0 Å². The molecule has 0 bridgehead atoms. The standard InChI is InChI=1S/C24H31N3O4/c1-30-21-13-12-17(16-22(21)31-2)14-15-25-23(28)19-10-6-7-11-20(19)27-24(29)26-18-8-4-3-5-9-18/h6-7,10-13,16,18H,3-5,8-9,14-15H2,1-2H3,(H,25,28)(H2,26,27,29). The van der Waals surface area contributed by atoms with Gasteiger partial charge in [-0.1, -0.05) is 37.5 Å². The maximum absolute atomic E-state index is 12.7. The zero-order valence-electron chi connectivity index (χ0n) is 18.2. The lowest BCUT2D eigenvalue weighted by Gasteiger charge is -2.23. The Morgan fingerprint density at radius 1 is 0.968 bits per heavy atom. The van der Waals surface area contributed by atoms with Crippen molar-refractivity contribution in [2.75, 3.05) is 26.1 Å². The molecular formula is C24H31N3O4. The van der Waals surface area contributed by atoms with Crippen molar-refractivity contribution in [1.29, 1.82) is 0 Å². The molecule has 2 aromatic carbocycles. The number of hydrogen-bond donors (Lipinski definition) is 3. The molecule has 166 valence electrons. The van der Waals surface area contributed by atoms with Crippen LogP contribution in [0.4, 0.5) is 10.5 Å². The summed E-state index contributed by atoms with van der Waals surface area (Å²) in [6, 6.07) is 12.7. The lowest BCUT2D eigenvalue weighted by atomic mass is 9.96. The highest BCUT2D eigenvalue weighted by molar-refractivity contribution is 6.03. The van der Waals surface area contributed by atoms with Gasteiger partial charge in [0.15, 0.2) is 11.5 Å². The van der Waals surface area contributed by atoms with Crippen molar-refractivity contribution in [1.82, 2.24) is 10.6 Å². The Balaban J connectivity index is 1.55. The van der Waals surface area contributed by atoms with Crippen molar-refractivity contribution in [3.8, 4) is 11.5 Å². The van der Waals surface area contributed by atoms with Crippen molar-refractivity contribution in [2.45, 2.75) is 44.6 Å². The minimum atomic E-state index is -0.266. The average molecular weight is 426 g/mol. The number of urea groups is 1. The molecule has 1 fully saturated rings. The summed E-state index contributed by atoms with van der Waals surface area (Å²) in [5.41, 5.74) is 1.96. The molecule has 1 aliphatic rings. The van der Waals surface area contributed by atoms with Gasteiger partial charge in [-0.15, -0.1) is 0 Å². The van der Waals surface area contributed by atoms with E-state index in [1.54, 1.807) is 38.5 Å². The number of carbonyl (C=O) groups is 2. The fourth-order valence-electron chi connectivity index (χ4n) is 3.83. The fraction of sp³-hybridized carbons (Fsp3) is 0.417. The van der Waals surface area contributed by atoms with Gasteiger partial charge in [0, 0.05) is 12.6 Å². The average Bonchev–Trinajstić information content (AvgIpc) is 2.79. The van der Waals surface area contributed by atoms with E-state index in [0.717, 1.165) is 31.2 Å². The minimum Gasteiger partial charge on any atom is -0.493 e. The Labute approximate surface area is 183 Å². The molecule has 0 spiro atoms. The topological polar surface area (TPSA) is 88.7 Å². The van der Waals surface area contributed by atoms with Gasteiger partial charge in [-0.3, -0.25) is 4.79 Å². The molecule has 0 aromatic heterocycles. The summed E-state index contributed by atoms with van der Waals surface area (Å²) in [6.45, 7) is 0.455. The number of para-hydroxylation sites is 1. The molecule has 0 atom stereocenters. The second-order valence-corrected chi connectivity index (χ2v) is 7.67. The van der Waals surface area contributed by atoms with Crippen LogP contribution in [0.15, 0.2) is 42.5 Å². The zero-order valence-corrected chi connectivity index (χ0v) is 18.2. The number of rotatable bonds is 8. The first-order valence-corrected chi connectivity index (χ1v) is 10.8. The highest BCUT2D eigenvalue weighted by atomic mass is 16.5. The summed E-state index contributed by atoms with van der Waals surface area (Å²) in [5.74, 6) is 1.10. The number of carbonyl (C=O) groups excluding carboxylic acids is 2. The van der Waals surface area contributed by atoms with Crippen LogP contribution in [0, 0.1) is 0 Å². The summed E-state index contributed by atoms with van der Waals surface area (Å²) in [7, 11) is 3.19. The second kappa shape index (κ2) is 11.2. The van der Waals surface area contributed by atoms with Crippen molar-refractivity contribution in [2.24, 2.45) is 0 Å². The Hall–Kier alpha value is -3.22. The first-order valence-electron chi connectivity index (χ1n) is 10.8. The van der Waals surface area contributed by atoms with Gasteiger partial charge in [0.2, 0.25) is 0 Å². The van der Waals surface area contributed by atoms with Crippen LogP contribution in [-0.2, 0) is 6.42 Å². The Kier molecular flexibility index (Phi) is 8.15. The predicted molar refractivity (Wildman–Crippen MR) is 121 cm³/mol. The smallest absolute Gasteiger partial charge is 0.319 e. The fourth-order valence-corrected chi connectivity index (χ4v) is 3.83. The third-order valence-corrected chi connectivity index (χ3v) is 5.51. The number of nitrogens with one attached hydrogen (secondary N) is 3. The molecule has 31 heavy (non-hydrogen) atoms. The van der Waals surface area contributed by atoms with Gasteiger partial charge >= 0.3 is 6.03 Å². The van der Waals surface area contributed by atoms with Crippen LogP contribution in [0.25, 0.3) is 0 Å². The molecule has 2 aromatic rings. The molecule has 3 rings (SSSR count). The third-order valence-electron chi connectivity index (χ3n) is 5.51. The number of methoxy groups -OCH3 is 2. The van der Waals surface area contributed by atoms with Gasteiger partial charge in [-0.25, -0.2) is 4.79 Å². The van der Waals surface area contributed by atoms with Crippen molar-refractivity contribution in [3.63, 3.8) is 0 Å². The molecule has 0 radical (unpaired) electrons. The van der Waals surface area contributed by atoms with Crippen molar-refractivity contribution < 1.29 is 19.1 Å². The van der Waals surface area contributed by atoms with E-state index in [-0.39, 0.29) is 18.0 Å². The largest absolute Gasteiger partial charge is 0.493 e. The number of benzene rings is 2. The number of ether oxygens (including phenoxy) is 2. The zero-order chi connectivity index (χ0) is 22.1. The van der Waals surface area contributed by atoms with Crippen LogP contribution in [0.1, 0.15) is 48.0 Å². The molecule has 3 amide bonds. The normalized spacial score (nSPS) is 13.9. The monoisotopic (exact) mass is 425 g/mol.